The van der Waals surface area contributed by atoms with Gasteiger partial charge in [0.2, 0.25) is 5.89 Å². The van der Waals surface area contributed by atoms with Crippen molar-refractivity contribution in [3.8, 4) is 0 Å². The number of oxazole rings is 1. The van der Waals surface area contributed by atoms with Gasteiger partial charge in [0.15, 0.2) is 0 Å². The first-order chi connectivity index (χ1) is 9.52. The van der Waals surface area contributed by atoms with E-state index in [1.54, 1.807) is 6.20 Å². The van der Waals surface area contributed by atoms with Gasteiger partial charge in [-0.1, -0.05) is 38.1 Å². The normalized spacial score (nSPS) is 12.8. The summed E-state index contributed by atoms with van der Waals surface area (Å²) in [6.07, 6.45) is 2.74. The average Bonchev–Trinajstić information content (AvgIpc) is 2.76. The van der Waals surface area contributed by atoms with Crippen LogP contribution in [0.15, 0.2) is 34.9 Å². The molecule has 0 amide bonds. The van der Waals surface area contributed by atoms with E-state index in [0.717, 1.165) is 17.7 Å². The fourth-order valence-corrected chi connectivity index (χ4v) is 3.16. The van der Waals surface area contributed by atoms with Crippen LogP contribution in [-0.4, -0.2) is 9.19 Å². The van der Waals surface area contributed by atoms with Crippen molar-refractivity contribution < 1.29 is 8.63 Å². The molecule has 1 atom stereocenters. The summed E-state index contributed by atoms with van der Waals surface area (Å²) < 4.78 is 17.4. The first kappa shape index (κ1) is 15.0. The molecule has 4 heteroatoms. The lowest BCUT2D eigenvalue weighted by molar-refractivity contribution is 0.488. The Kier molecular flexibility index (Phi) is 5.12. The zero-order valence-corrected chi connectivity index (χ0v) is 13.1. The minimum absolute atomic E-state index is 0.377. The Balaban J connectivity index is 1.91. The molecule has 0 radical (unpaired) electrons. The fraction of sp³-hybridized carbons (Fsp3) is 0.438. The molecule has 1 unspecified atom stereocenters. The number of hydrogen-bond donors (Lipinski definition) is 0. The highest BCUT2D eigenvalue weighted by Crippen LogP contribution is 2.13. The highest BCUT2D eigenvalue weighted by atomic mass is 32.2. The number of benzene rings is 1. The zero-order chi connectivity index (χ0) is 14.5. The SMILES string of the molecule is Cc1cnc(CS(=O)Cc2ccc(CC(C)C)cc2)o1. The third-order valence-electron chi connectivity index (χ3n) is 2.95. The Morgan fingerprint density at radius 1 is 1.15 bits per heavy atom. The van der Waals surface area contributed by atoms with Gasteiger partial charge in [0.1, 0.15) is 11.5 Å². The van der Waals surface area contributed by atoms with E-state index >= 15 is 0 Å². The lowest BCUT2D eigenvalue weighted by Crippen LogP contribution is -2.00. The van der Waals surface area contributed by atoms with Crippen LogP contribution in [0.2, 0.25) is 0 Å². The van der Waals surface area contributed by atoms with Gasteiger partial charge in [0, 0.05) is 16.6 Å². The fourth-order valence-electron chi connectivity index (χ4n) is 2.09. The van der Waals surface area contributed by atoms with Gasteiger partial charge < -0.3 is 4.42 Å². The Hall–Kier alpha value is -1.42. The predicted octanol–water partition coefficient (Wildman–Crippen LogP) is 3.63. The first-order valence-electron chi connectivity index (χ1n) is 6.87. The Labute approximate surface area is 122 Å². The van der Waals surface area contributed by atoms with E-state index in [2.05, 4.69) is 43.1 Å². The van der Waals surface area contributed by atoms with E-state index in [1.165, 1.54) is 5.56 Å². The molecule has 2 rings (SSSR count). The molecule has 2 aromatic rings. The predicted molar refractivity (Wildman–Crippen MR) is 81.8 cm³/mol. The molecular weight excluding hydrogens is 270 g/mol. The molecule has 1 heterocycles. The van der Waals surface area contributed by atoms with Crippen molar-refractivity contribution >= 4 is 10.8 Å². The number of hydrogen-bond acceptors (Lipinski definition) is 3. The summed E-state index contributed by atoms with van der Waals surface area (Å²) >= 11 is 0. The maximum Gasteiger partial charge on any atom is 0.206 e. The van der Waals surface area contributed by atoms with Crippen molar-refractivity contribution in [3.63, 3.8) is 0 Å². The Bertz CT molecular complexity index is 572. The van der Waals surface area contributed by atoms with E-state index in [-0.39, 0.29) is 0 Å². The minimum Gasteiger partial charge on any atom is -0.445 e. The van der Waals surface area contributed by atoms with Gasteiger partial charge in [-0.25, -0.2) is 4.98 Å². The summed E-state index contributed by atoms with van der Waals surface area (Å²) in [4.78, 5) is 4.08. The van der Waals surface area contributed by atoms with Crippen LogP contribution in [0.4, 0.5) is 0 Å². The van der Waals surface area contributed by atoms with E-state index in [4.69, 9.17) is 4.42 Å². The van der Waals surface area contributed by atoms with Crippen LogP contribution in [-0.2, 0) is 28.7 Å². The van der Waals surface area contributed by atoms with E-state index < -0.39 is 10.8 Å². The molecule has 0 fully saturated rings. The topological polar surface area (TPSA) is 43.1 Å². The third-order valence-corrected chi connectivity index (χ3v) is 4.17. The summed E-state index contributed by atoms with van der Waals surface area (Å²) in [7, 11) is -0.982. The highest BCUT2D eigenvalue weighted by Gasteiger charge is 2.08. The number of aryl methyl sites for hydroxylation is 1. The second kappa shape index (κ2) is 6.84. The van der Waals surface area contributed by atoms with Crippen molar-refractivity contribution in [2.45, 2.75) is 38.7 Å². The number of aromatic nitrogens is 1. The van der Waals surface area contributed by atoms with Crippen molar-refractivity contribution in [1.29, 1.82) is 0 Å². The molecule has 0 saturated heterocycles. The zero-order valence-electron chi connectivity index (χ0n) is 12.3. The smallest absolute Gasteiger partial charge is 0.206 e. The molecule has 0 N–H and O–H groups in total. The molecule has 0 aliphatic carbocycles. The average molecular weight is 291 g/mol. The molecular formula is C16H21NO2S. The van der Waals surface area contributed by atoms with E-state index in [9.17, 15) is 4.21 Å². The van der Waals surface area contributed by atoms with Crippen LogP contribution >= 0.6 is 0 Å². The van der Waals surface area contributed by atoms with Crippen LogP contribution < -0.4 is 0 Å². The standard InChI is InChI=1S/C16H21NO2S/c1-12(2)8-14-4-6-15(7-5-14)10-20(18)11-16-17-9-13(3)19-16/h4-7,9,12H,8,10-11H2,1-3H3. The van der Waals surface area contributed by atoms with Gasteiger partial charge in [-0.2, -0.15) is 0 Å². The van der Waals surface area contributed by atoms with Crippen molar-refractivity contribution in [1.82, 2.24) is 4.98 Å². The molecule has 0 aliphatic heterocycles. The molecule has 3 nitrogen and oxygen atoms in total. The van der Waals surface area contributed by atoms with Crippen molar-refractivity contribution in [2.75, 3.05) is 0 Å². The lowest BCUT2D eigenvalue weighted by Gasteiger charge is -2.06. The van der Waals surface area contributed by atoms with Crippen LogP contribution in [0.5, 0.6) is 0 Å². The second-order valence-corrected chi connectivity index (χ2v) is 6.96. The van der Waals surface area contributed by atoms with Crippen LogP contribution in [0.25, 0.3) is 0 Å². The molecule has 1 aromatic heterocycles. The van der Waals surface area contributed by atoms with Gasteiger partial charge in [0.05, 0.1) is 6.20 Å². The summed E-state index contributed by atoms with van der Waals surface area (Å²) in [5.74, 6) is 2.89. The lowest BCUT2D eigenvalue weighted by atomic mass is 10.0. The minimum atomic E-state index is -0.982. The number of nitrogens with zero attached hydrogens (tertiary/aromatic N) is 1. The van der Waals surface area contributed by atoms with E-state index in [1.807, 2.05) is 6.92 Å². The largest absolute Gasteiger partial charge is 0.445 e. The first-order valence-corrected chi connectivity index (χ1v) is 8.36. The summed E-state index contributed by atoms with van der Waals surface area (Å²) in [6, 6.07) is 8.39. The maximum absolute atomic E-state index is 12.1. The molecule has 0 aliphatic rings. The van der Waals surface area contributed by atoms with Gasteiger partial charge in [-0.3, -0.25) is 4.21 Å². The van der Waals surface area contributed by atoms with E-state index in [0.29, 0.717) is 23.3 Å². The quantitative estimate of drug-likeness (QED) is 0.816. The van der Waals surface area contributed by atoms with Crippen LogP contribution in [0.1, 0.15) is 36.6 Å². The van der Waals surface area contributed by atoms with Crippen LogP contribution in [0, 0.1) is 12.8 Å². The maximum atomic E-state index is 12.1. The second-order valence-electron chi connectivity index (χ2n) is 5.51. The van der Waals surface area contributed by atoms with Gasteiger partial charge in [0.25, 0.3) is 0 Å². The summed E-state index contributed by atoms with van der Waals surface area (Å²) in [5, 5.41) is 0. The molecule has 0 saturated carbocycles. The Morgan fingerprint density at radius 3 is 2.35 bits per heavy atom. The molecule has 1 aromatic carbocycles. The highest BCUT2D eigenvalue weighted by molar-refractivity contribution is 7.83. The molecule has 0 spiro atoms. The third kappa shape index (κ3) is 4.60. The van der Waals surface area contributed by atoms with Gasteiger partial charge >= 0.3 is 0 Å². The summed E-state index contributed by atoms with van der Waals surface area (Å²) in [6.45, 7) is 6.26. The summed E-state index contributed by atoms with van der Waals surface area (Å²) in [5.41, 5.74) is 2.43. The molecule has 0 bridgehead atoms. The van der Waals surface area contributed by atoms with Gasteiger partial charge in [-0.05, 0) is 30.4 Å². The van der Waals surface area contributed by atoms with Crippen molar-refractivity contribution in [3.05, 3.63) is 53.2 Å². The Morgan fingerprint density at radius 2 is 1.80 bits per heavy atom. The van der Waals surface area contributed by atoms with Gasteiger partial charge in [-0.15, -0.1) is 0 Å². The monoisotopic (exact) mass is 291 g/mol. The molecule has 20 heavy (non-hydrogen) atoms. The number of rotatable bonds is 6. The molecule has 108 valence electrons. The van der Waals surface area contributed by atoms with Crippen molar-refractivity contribution in [2.24, 2.45) is 5.92 Å². The van der Waals surface area contributed by atoms with Crippen LogP contribution in [0.3, 0.4) is 0 Å².